The summed E-state index contributed by atoms with van der Waals surface area (Å²) in [6.45, 7) is 4.19. The van der Waals surface area contributed by atoms with Crippen molar-refractivity contribution in [2.24, 2.45) is 11.7 Å². The molecule has 0 aliphatic rings. The van der Waals surface area contributed by atoms with E-state index in [-0.39, 0.29) is 6.04 Å². The van der Waals surface area contributed by atoms with Gasteiger partial charge >= 0.3 is 0 Å². The van der Waals surface area contributed by atoms with Crippen LogP contribution in [-0.2, 0) is 0 Å². The van der Waals surface area contributed by atoms with Crippen LogP contribution in [0.1, 0.15) is 25.6 Å². The molecule has 0 radical (unpaired) electrons. The lowest BCUT2D eigenvalue weighted by Gasteiger charge is -2.11. The number of furan rings is 1. The van der Waals surface area contributed by atoms with E-state index >= 15 is 0 Å². The van der Waals surface area contributed by atoms with E-state index in [1.165, 1.54) is 0 Å². The molecule has 2 N–H and O–H groups in total. The molecular weight excluding hydrogens is 174 g/mol. The molecule has 0 amide bonds. The Morgan fingerprint density at radius 1 is 1.21 bits per heavy atom. The van der Waals surface area contributed by atoms with Crippen molar-refractivity contribution in [3.63, 3.8) is 0 Å². The summed E-state index contributed by atoms with van der Waals surface area (Å²) in [4.78, 5) is 0. The average molecular weight is 189 g/mol. The summed E-state index contributed by atoms with van der Waals surface area (Å²) in [7, 11) is 0. The van der Waals surface area contributed by atoms with Crippen LogP contribution >= 0.6 is 0 Å². The Labute approximate surface area is 83.7 Å². The van der Waals surface area contributed by atoms with Gasteiger partial charge in [0, 0.05) is 5.39 Å². The maximum atomic E-state index is 6.01. The van der Waals surface area contributed by atoms with Crippen LogP contribution in [0, 0.1) is 5.92 Å². The Hall–Kier alpha value is -1.28. The van der Waals surface area contributed by atoms with Gasteiger partial charge in [0.2, 0.25) is 0 Å². The predicted molar refractivity (Wildman–Crippen MR) is 58.0 cm³/mol. The predicted octanol–water partition coefficient (Wildman–Crippen LogP) is 3.09. The molecule has 1 atom stereocenters. The second kappa shape index (κ2) is 3.46. The summed E-state index contributed by atoms with van der Waals surface area (Å²) < 4.78 is 5.67. The number of fused-ring (bicyclic) bond motifs is 1. The van der Waals surface area contributed by atoms with Crippen molar-refractivity contribution in [1.29, 1.82) is 0 Å². The summed E-state index contributed by atoms with van der Waals surface area (Å²) in [5, 5.41) is 1.12. The number of hydrogen-bond acceptors (Lipinski definition) is 2. The van der Waals surface area contributed by atoms with Crippen molar-refractivity contribution in [2.45, 2.75) is 19.9 Å². The third-order valence-corrected chi connectivity index (χ3v) is 2.49. The Morgan fingerprint density at radius 2 is 1.93 bits per heavy atom. The highest BCUT2D eigenvalue weighted by molar-refractivity contribution is 5.77. The molecule has 0 unspecified atom stereocenters. The molecule has 0 aliphatic heterocycles. The van der Waals surface area contributed by atoms with E-state index in [1.807, 2.05) is 30.3 Å². The van der Waals surface area contributed by atoms with E-state index in [4.69, 9.17) is 10.2 Å². The average Bonchev–Trinajstić information content (AvgIpc) is 2.59. The number of nitrogens with two attached hydrogens (primary N) is 1. The fourth-order valence-electron chi connectivity index (χ4n) is 1.50. The van der Waals surface area contributed by atoms with Crippen molar-refractivity contribution in [2.75, 3.05) is 0 Å². The zero-order valence-electron chi connectivity index (χ0n) is 8.53. The molecule has 0 aliphatic carbocycles. The third kappa shape index (κ3) is 1.53. The van der Waals surface area contributed by atoms with Gasteiger partial charge in [-0.3, -0.25) is 0 Å². The molecule has 1 aromatic heterocycles. The van der Waals surface area contributed by atoms with Gasteiger partial charge in [0.25, 0.3) is 0 Å². The minimum absolute atomic E-state index is 0.0117. The quantitative estimate of drug-likeness (QED) is 0.788. The molecule has 2 heteroatoms. The molecule has 0 fully saturated rings. The lowest BCUT2D eigenvalue weighted by Crippen LogP contribution is -2.15. The van der Waals surface area contributed by atoms with Crippen LogP contribution in [-0.4, -0.2) is 0 Å². The van der Waals surface area contributed by atoms with E-state index in [0.29, 0.717) is 5.92 Å². The molecule has 0 saturated carbocycles. The van der Waals surface area contributed by atoms with Crippen LogP contribution in [0.2, 0.25) is 0 Å². The number of hydrogen-bond donors (Lipinski definition) is 1. The Morgan fingerprint density at radius 3 is 2.57 bits per heavy atom. The lowest BCUT2D eigenvalue weighted by molar-refractivity contribution is 0.418. The van der Waals surface area contributed by atoms with Gasteiger partial charge in [-0.25, -0.2) is 0 Å². The maximum absolute atomic E-state index is 6.01. The minimum Gasteiger partial charge on any atom is -0.459 e. The van der Waals surface area contributed by atoms with Crippen LogP contribution in [0.25, 0.3) is 11.0 Å². The first-order valence-electron chi connectivity index (χ1n) is 4.92. The van der Waals surface area contributed by atoms with E-state index < -0.39 is 0 Å². The van der Waals surface area contributed by atoms with E-state index in [1.54, 1.807) is 0 Å². The number of para-hydroxylation sites is 1. The van der Waals surface area contributed by atoms with Gasteiger partial charge < -0.3 is 10.2 Å². The minimum atomic E-state index is -0.0117. The molecule has 14 heavy (non-hydrogen) atoms. The zero-order chi connectivity index (χ0) is 10.1. The molecule has 1 aromatic carbocycles. The monoisotopic (exact) mass is 189 g/mol. The third-order valence-electron chi connectivity index (χ3n) is 2.49. The molecule has 0 spiro atoms. The molecule has 0 bridgehead atoms. The summed E-state index contributed by atoms with van der Waals surface area (Å²) >= 11 is 0. The second-order valence-corrected chi connectivity index (χ2v) is 3.96. The standard InChI is InChI=1S/C12H15NO/c1-8(2)12(13)11-7-9-5-3-4-6-10(9)14-11/h3-8,12H,13H2,1-2H3/t12-/m0/s1. The van der Waals surface area contributed by atoms with Gasteiger partial charge in [-0.1, -0.05) is 32.0 Å². The van der Waals surface area contributed by atoms with Crippen molar-refractivity contribution in [3.8, 4) is 0 Å². The van der Waals surface area contributed by atoms with E-state index in [9.17, 15) is 0 Å². The SMILES string of the molecule is CC(C)[C@H](N)c1cc2ccccc2o1. The summed E-state index contributed by atoms with van der Waals surface area (Å²) in [5.74, 6) is 1.27. The van der Waals surface area contributed by atoms with Gasteiger partial charge in [0.05, 0.1) is 6.04 Å². The second-order valence-electron chi connectivity index (χ2n) is 3.96. The van der Waals surface area contributed by atoms with Crippen LogP contribution in [0.3, 0.4) is 0 Å². The molecule has 2 nitrogen and oxygen atoms in total. The molecular formula is C12H15NO. The summed E-state index contributed by atoms with van der Waals surface area (Å²) in [5.41, 5.74) is 6.92. The molecule has 2 aromatic rings. The smallest absolute Gasteiger partial charge is 0.134 e. The van der Waals surface area contributed by atoms with Crippen LogP contribution < -0.4 is 5.73 Å². The van der Waals surface area contributed by atoms with Crippen molar-refractivity contribution >= 4 is 11.0 Å². The Kier molecular flexibility index (Phi) is 2.30. The molecule has 0 saturated heterocycles. The molecule has 2 rings (SSSR count). The van der Waals surface area contributed by atoms with Crippen LogP contribution in [0.15, 0.2) is 34.7 Å². The van der Waals surface area contributed by atoms with Crippen molar-refractivity contribution in [1.82, 2.24) is 0 Å². The highest BCUT2D eigenvalue weighted by atomic mass is 16.3. The number of benzene rings is 1. The van der Waals surface area contributed by atoms with Crippen LogP contribution in [0.5, 0.6) is 0 Å². The van der Waals surface area contributed by atoms with Gasteiger partial charge in [0.1, 0.15) is 11.3 Å². The highest BCUT2D eigenvalue weighted by Crippen LogP contribution is 2.26. The largest absolute Gasteiger partial charge is 0.459 e. The van der Waals surface area contributed by atoms with Gasteiger partial charge in [0.15, 0.2) is 0 Å². The Bertz CT molecular complexity index is 398. The topological polar surface area (TPSA) is 39.2 Å². The van der Waals surface area contributed by atoms with E-state index in [0.717, 1.165) is 16.7 Å². The first kappa shape index (κ1) is 9.28. The normalized spacial score (nSPS) is 13.7. The fourth-order valence-corrected chi connectivity index (χ4v) is 1.50. The van der Waals surface area contributed by atoms with Crippen LogP contribution in [0.4, 0.5) is 0 Å². The first-order chi connectivity index (χ1) is 6.68. The maximum Gasteiger partial charge on any atom is 0.134 e. The van der Waals surface area contributed by atoms with Crippen molar-refractivity contribution < 1.29 is 4.42 Å². The van der Waals surface area contributed by atoms with Gasteiger partial charge in [-0.15, -0.1) is 0 Å². The van der Waals surface area contributed by atoms with E-state index in [2.05, 4.69) is 13.8 Å². The lowest BCUT2D eigenvalue weighted by atomic mass is 10.0. The summed E-state index contributed by atoms with van der Waals surface area (Å²) in [6.07, 6.45) is 0. The van der Waals surface area contributed by atoms with Crippen molar-refractivity contribution in [3.05, 3.63) is 36.1 Å². The van der Waals surface area contributed by atoms with Gasteiger partial charge in [-0.2, -0.15) is 0 Å². The Balaban J connectivity index is 2.45. The molecule has 74 valence electrons. The van der Waals surface area contributed by atoms with Gasteiger partial charge in [-0.05, 0) is 18.1 Å². The fraction of sp³-hybridized carbons (Fsp3) is 0.333. The summed E-state index contributed by atoms with van der Waals surface area (Å²) in [6, 6.07) is 9.99. The zero-order valence-corrected chi connectivity index (χ0v) is 8.53. The molecule has 1 heterocycles. The highest BCUT2D eigenvalue weighted by Gasteiger charge is 2.14. The first-order valence-corrected chi connectivity index (χ1v) is 4.92. The number of rotatable bonds is 2.